The zero-order valence-corrected chi connectivity index (χ0v) is 13.7. The van der Waals surface area contributed by atoms with Crippen LogP contribution < -0.4 is 0 Å². The van der Waals surface area contributed by atoms with Gasteiger partial charge in [0.15, 0.2) is 0 Å². The van der Waals surface area contributed by atoms with E-state index in [1.165, 1.54) is 5.56 Å². The van der Waals surface area contributed by atoms with Crippen molar-refractivity contribution >= 4 is 17.5 Å². The Balaban J connectivity index is 2.45. The first kappa shape index (κ1) is 16.3. The number of allylic oxidation sites excluding steroid dienone is 1. The van der Waals surface area contributed by atoms with Gasteiger partial charge in [0.25, 0.3) is 5.79 Å². The van der Waals surface area contributed by atoms with Gasteiger partial charge >= 0.3 is 11.9 Å². The quantitative estimate of drug-likeness (QED) is 0.484. The highest BCUT2D eigenvalue weighted by molar-refractivity contribution is 6.21. The average molecular weight is 302 g/mol. The van der Waals surface area contributed by atoms with Gasteiger partial charge in [-0.05, 0) is 29.0 Å². The smallest absolute Gasteiger partial charge is 0.349 e. The Hall–Kier alpha value is -2.10. The van der Waals surface area contributed by atoms with E-state index in [4.69, 9.17) is 9.47 Å². The molecular formula is C18H22O4. The lowest BCUT2D eigenvalue weighted by atomic mass is 9.94. The topological polar surface area (TPSA) is 52.6 Å². The van der Waals surface area contributed by atoms with Crippen LogP contribution in [-0.4, -0.2) is 17.7 Å². The highest BCUT2D eigenvalue weighted by Crippen LogP contribution is 2.31. The van der Waals surface area contributed by atoms with Crippen LogP contribution >= 0.6 is 0 Å². The average Bonchev–Trinajstić information content (AvgIpc) is 2.41. The summed E-state index contributed by atoms with van der Waals surface area (Å²) in [5.74, 6) is -2.02. The van der Waals surface area contributed by atoms with Crippen LogP contribution in [0.3, 0.4) is 0 Å². The lowest BCUT2D eigenvalue weighted by Crippen LogP contribution is -2.42. The standard InChI is InChI=1S/C18H22O4/c1-6-14(13-9-7-12(8-10-13)11(2)3)15-16(19)21-18(4,5)22-17(15)20/h7-11H,6H2,1-5H3. The molecule has 22 heavy (non-hydrogen) atoms. The number of esters is 2. The minimum absolute atomic E-state index is 0.000813. The van der Waals surface area contributed by atoms with E-state index in [9.17, 15) is 9.59 Å². The fourth-order valence-electron chi connectivity index (χ4n) is 2.49. The Labute approximate surface area is 131 Å². The van der Waals surface area contributed by atoms with Crippen molar-refractivity contribution in [3.63, 3.8) is 0 Å². The van der Waals surface area contributed by atoms with E-state index < -0.39 is 17.7 Å². The molecule has 1 aromatic rings. The van der Waals surface area contributed by atoms with E-state index >= 15 is 0 Å². The summed E-state index contributed by atoms with van der Waals surface area (Å²) in [5, 5.41) is 0. The molecule has 1 aromatic carbocycles. The number of carbonyl (C=O) groups is 2. The fraction of sp³-hybridized carbons (Fsp3) is 0.444. The molecule has 1 fully saturated rings. The molecule has 2 rings (SSSR count). The molecule has 1 aliphatic rings. The Morgan fingerprint density at radius 3 is 1.95 bits per heavy atom. The van der Waals surface area contributed by atoms with E-state index in [0.717, 1.165) is 5.56 Å². The van der Waals surface area contributed by atoms with Gasteiger partial charge in [0.1, 0.15) is 5.57 Å². The molecule has 118 valence electrons. The first-order valence-electron chi connectivity index (χ1n) is 7.55. The van der Waals surface area contributed by atoms with Crippen LogP contribution in [0.15, 0.2) is 29.8 Å². The molecule has 0 saturated carbocycles. The molecular weight excluding hydrogens is 280 g/mol. The van der Waals surface area contributed by atoms with E-state index in [-0.39, 0.29) is 5.57 Å². The molecule has 0 radical (unpaired) electrons. The maximum Gasteiger partial charge on any atom is 0.349 e. The number of rotatable bonds is 3. The summed E-state index contributed by atoms with van der Waals surface area (Å²) < 4.78 is 10.4. The van der Waals surface area contributed by atoms with Gasteiger partial charge in [-0.3, -0.25) is 0 Å². The van der Waals surface area contributed by atoms with E-state index in [2.05, 4.69) is 13.8 Å². The predicted molar refractivity (Wildman–Crippen MR) is 84.0 cm³/mol. The third-order valence-electron chi connectivity index (χ3n) is 3.67. The first-order chi connectivity index (χ1) is 10.2. The molecule has 4 nitrogen and oxygen atoms in total. The molecule has 0 unspecified atom stereocenters. The third-order valence-corrected chi connectivity index (χ3v) is 3.67. The van der Waals surface area contributed by atoms with Crippen LogP contribution in [-0.2, 0) is 19.1 Å². The molecule has 0 amide bonds. The van der Waals surface area contributed by atoms with Crippen LogP contribution in [0.25, 0.3) is 5.57 Å². The maximum atomic E-state index is 12.2. The number of hydrogen-bond acceptors (Lipinski definition) is 4. The molecule has 0 bridgehead atoms. The monoisotopic (exact) mass is 302 g/mol. The van der Waals surface area contributed by atoms with Gasteiger partial charge in [0.2, 0.25) is 0 Å². The molecule has 0 atom stereocenters. The largest absolute Gasteiger partial charge is 0.419 e. The highest BCUT2D eigenvalue weighted by atomic mass is 16.7. The van der Waals surface area contributed by atoms with Gasteiger partial charge in [-0.25, -0.2) is 9.59 Å². The van der Waals surface area contributed by atoms with E-state index in [1.807, 2.05) is 31.2 Å². The van der Waals surface area contributed by atoms with Gasteiger partial charge in [-0.1, -0.05) is 45.0 Å². The number of carbonyl (C=O) groups excluding carboxylic acids is 2. The maximum absolute atomic E-state index is 12.2. The van der Waals surface area contributed by atoms with Crippen molar-refractivity contribution in [2.75, 3.05) is 0 Å². The van der Waals surface area contributed by atoms with Gasteiger partial charge in [-0.15, -0.1) is 0 Å². The SMILES string of the molecule is CCC(=C1C(=O)OC(C)(C)OC1=O)c1ccc(C(C)C)cc1. The number of cyclic esters (lactones) is 2. The number of hydrogen-bond donors (Lipinski definition) is 0. The predicted octanol–water partition coefficient (Wildman–Crippen LogP) is 3.81. The zero-order valence-electron chi connectivity index (χ0n) is 13.7. The summed E-state index contributed by atoms with van der Waals surface area (Å²) in [6, 6.07) is 7.89. The van der Waals surface area contributed by atoms with Crippen LogP contribution in [0.4, 0.5) is 0 Å². The van der Waals surface area contributed by atoms with Gasteiger partial charge < -0.3 is 9.47 Å². The van der Waals surface area contributed by atoms with Crippen molar-refractivity contribution in [2.24, 2.45) is 0 Å². The summed E-state index contributed by atoms with van der Waals surface area (Å²) in [6.45, 7) is 9.22. The number of ether oxygens (including phenoxy) is 2. The second-order valence-corrected chi connectivity index (χ2v) is 6.16. The van der Waals surface area contributed by atoms with Crippen LogP contribution in [0.1, 0.15) is 58.1 Å². The lowest BCUT2D eigenvalue weighted by molar-refractivity contribution is -0.222. The van der Waals surface area contributed by atoms with Crippen LogP contribution in [0, 0.1) is 0 Å². The van der Waals surface area contributed by atoms with Crippen molar-refractivity contribution in [1.29, 1.82) is 0 Å². The molecule has 0 spiro atoms. The normalized spacial score (nSPS) is 17.3. The van der Waals surface area contributed by atoms with Gasteiger partial charge in [-0.2, -0.15) is 0 Å². The highest BCUT2D eigenvalue weighted by Gasteiger charge is 2.40. The van der Waals surface area contributed by atoms with Crippen molar-refractivity contribution in [2.45, 2.75) is 52.7 Å². The van der Waals surface area contributed by atoms with Gasteiger partial charge in [0.05, 0.1) is 0 Å². The minimum atomic E-state index is -1.21. The molecule has 1 aliphatic heterocycles. The van der Waals surface area contributed by atoms with Crippen LogP contribution in [0.2, 0.25) is 0 Å². The summed E-state index contributed by atoms with van der Waals surface area (Å²) in [6.07, 6.45) is 0.543. The second-order valence-electron chi connectivity index (χ2n) is 6.16. The first-order valence-corrected chi connectivity index (χ1v) is 7.55. The molecule has 1 heterocycles. The molecule has 1 saturated heterocycles. The third kappa shape index (κ3) is 3.21. The summed E-state index contributed by atoms with van der Waals surface area (Å²) in [5.41, 5.74) is 2.70. The molecule has 0 N–H and O–H groups in total. The Morgan fingerprint density at radius 2 is 1.55 bits per heavy atom. The number of benzene rings is 1. The van der Waals surface area contributed by atoms with Crippen molar-refractivity contribution < 1.29 is 19.1 Å². The summed E-state index contributed by atoms with van der Waals surface area (Å²) in [7, 11) is 0. The van der Waals surface area contributed by atoms with Crippen molar-refractivity contribution in [3.8, 4) is 0 Å². The minimum Gasteiger partial charge on any atom is -0.419 e. The molecule has 0 aromatic heterocycles. The Kier molecular flexibility index (Phi) is 4.40. The molecule has 0 aliphatic carbocycles. The summed E-state index contributed by atoms with van der Waals surface area (Å²) in [4.78, 5) is 24.4. The Bertz CT molecular complexity index is 599. The molecule has 4 heteroatoms. The fourth-order valence-corrected chi connectivity index (χ4v) is 2.49. The lowest BCUT2D eigenvalue weighted by Gasteiger charge is -2.31. The van der Waals surface area contributed by atoms with E-state index in [1.54, 1.807) is 13.8 Å². The van der Waals surface area contributed by atoms with Crippen molar-refractivity contribution in [1.82, 2.24) is 0 Å². The summed E-state index contributed by atoms with van der Waals surface area (Å²) >= 11 is 0. The van der Waals surface area contributed by atoms with Crippen LogP contribution in [0.5, 0.6) is 0 Å². The Morgan fingerprint density at radius 1 is 1.05 bits per heavy atom. The van der Waals surface area contributed by atoms with E-state index in [0.29, 0.717) is 17.9 Å². The zero-order chi connectivity index (χ0) is 16.5. The second kappa shape index (κ2) is 5.95. The van der Waals surface area contributed by atoms with Gasteiger partial charge in [0, 0.05) is 13.8 Å². The van der Waals surface area contributed by atoms with Crippen molar-refractivity contribution in [3.05, 3.63) is 41.0 Å².